The second kappa shape index (κ2) is 6.97. The summed E-state index contributed by atoms with van der Waals surface area (Å²) in [4.78, 5) is 32.7. The van der Waals surface area contributed by atoms with Gasteiger partial charge < -0.3 is 40.2 Å². The molecule has 1 aromatic heterocycles. The molecule has 1 saturated heterocycles. The van der Waals surface area contributed by atoms with Gasteiger partial charge in [0.2, 0.25) is 5.91 Å². The Bertz CT molecular complexity index is 1040. The number of benzene rings is 1. The number of carbonyl (C=O) groups excluding carboxylic acids is 1. The fourth-order valence-electron chi connectivity index (χ4n) is 4.44. The van der Waals surface area contributed by atoms with Crippen molar-refractivity contribution in [1.29, 1.82) is 0 Å². The Kier molecular flexibility index (Phi) is 4.47. The number of imidazole rings is 1. The molecule has 0 bridgehead atoms. The molecule has 12 heteroatoms. The number of fused-ring (bicyclic) bond motifs is 3. The SMILES string of the molecule is NC(Cc1cnc[nH]1)C(=O)N1CC(Oc2ccc3c(c2C(=O)O)O[B-](O)(O)C2CC32)C1. The number of ether oxygens (including phenoxy) is 1. The van der Waals surface area contributed by atoms with Crippen LogP contribution in [0.5, 0.6) is 11.5 Å². The second-order valence-electron chi connectivity index (χ2n) is 8.42. The van der Waals surface area contributed by atoms with Crippen LogP contribution in [0.25, 0.3) is 0 Å². The molecule has 1 aromatic carbocycles. The summed E-state index contributed by atoms with van der Waals surface area (Å²) in [5, 5.41) is 29.9. The van der Waals surface area contributed by atoms with Gasteiger partial charge >= 0.3 is 12.7 Å². The van der Waals surface area contributed by atoms with Gasteiger partial charge in [-0.25, -0.2) is 9.78 Å². The van der Waals surface area contributed by atoms with E-state index in [-0.39, 0.29) is 42.0 Å². The van der Waals surface area contributed by atoms with Gasteiger partial charge in [0.1, 0.15) is 17.4 Å². The minimum Gasteiger partial charge on any atom is -0.669 e. The fraction of sp³-hybridized carbons (Fsp3) is 0.421. The zero-order chi connectivity index (χ0) is 21.9. The largest absolute Gasteiger partial charge is 0.669 e. The smallest absolute Gasteiger partial charge is 0.434 e. The van der Waals surface area contributed by atoms with Crippen molar-refractivity contribution in [1.82, 2.24) is 14.9 Å². The van der Waals surface area contributed by atoms with E-state index in [0.29, 0.717) is 18.4 Å². The number of nitrogens with zero attached hydrogens (tertiary/aromatic N) is 2. The molecule has 3 unspecified atom stereocenters. The Morgan fingerprint density at radius 1 is 1.39 bits per heavy atom. The molecule has 11 nitrogen and oxygen atoms in total. The van der Waals surface area contributed by atoms with E-state index >= 15 is 0 Å². The minimum atomic E-state index is -3.10. The molecule has 2 fully saturated rings. The number of aromatic carboxylic acids is 1. The van der Waals surface area contributed by atoms with E-state index in [1.54, 1.807) is 23.2 Å². The lowest BCUT2D eigenvalue weighted by Crippen LogP contribution is -2.60. The number of carboxylic acid groups (broad SMARTS) is 1. The molecule has 3 heterocycles. The van der Waals surface area contributed by atoms with Crippen LogP contribution in [0, 0.1) is 0 Å². The minimum absolute atomic E-state index is 0.0532. The molecule has 2 aromatic rings. The molecule has 3 aliphatic rings. The zero-order valence-electron chi connectivity index (χ0n) is 16.5. The van der Waals surface area contributed by atoms with Crippen molar-refractivity contribution in [2.75, 3.05) is 13.1 Å². The topological polar surface area (TPSA) is 171 Å². The predicted molar refractivity (Wildman–Crippen MR) is 107 cm³/mol. The number of hydrogen-bond donors (Lipinski definition) is 5. The monoisotopic (exact) mass is 429 g/mol. The van der Waals surface area contributed by atoms with Crippen molar-refractivity contribution in [2.24, 2.45) is 5.73 Å². The lowest BCUT2D eigenvalue weighted by molar-refractivity contribution is -0.141. The first-order valence-corrected chi connectivity index (χ1v) is 10.1. The van der Waals surface area contributed by atoms with E-state index < -0.39 is 30.7 Å². The molecular weight excluding hydrogens is 407 g/mol. The van der Waals surface area contributed by atoms with E-state index in [9.17, 15) is 24.7 Å². The summed E-state index contributed by atoms with van der Waals surface area (Å²) < 4.78 is 11.1. The van der Waals surface area contributed by atoms with Gasteiger partial charge in [-0.05, 0) is 17.5 Å². The number of carboxylic acids is 1. The molecule has 0 radical (unpaired) electrons. The van der Waals surface area contributed by atoms with Crippen LogP contribution in [-0.4, -0.2) is 73.9 Å². The van der Waals surface area contributed by atoms with Crippen LogP contribution >= 0.6 is 0 Å². The van der Waals surface area contributed by atoms with Crippen molar-refractivity contribution in [3.8, 4) is 11.5 Å². The van der Waals surface area contributed by atoms with Gasteiger partial charge in [0.05, 0.1) is 31.2 Å². The molecule has 5 rings (SSSR count). The third-order valence-corrected chi connectivity index (χ3v) is 6.22. The van der Waals surface area contributed by atoms with Crippen LogP contribution in [0.3, 0.4) is 0 Å². The first-order chi connectivity index (χ1) is 14.7. The van der Waals surface area contributed by atoms with Crippen molar-refractivity contribution < 1.29 is 34.1 Å². The average molecular weight is 429 g/mol. The maximum Gasteiger partial charge on any atom is 0.434 e. The van der Waals surface area contributed by atoms with Crippen molar-refractivity contribution >= 4 is 18.6 Å². The lowest BCUT2D eigenvalue weighted by atomic mass is 9.68. The van der Waals surface area contributed by atoms with Gasteiger partial charge in [-0.1, -0.05) is 18.3 Å². The lowest BCUT2D eigenvalue weighted by Gasteiger charge is -2.41. The van der Waals surface area contributed by atoms with Crippen molar-refractivity contribution in [3.63, 3.8) is 0 Å². The van der Waals surface area contributed by atoms with Crippen molar-refractivity contribution in [2.45, 2.75) is 36.7 Å². The Hall–Kier alpha value is -3.09. The number of likely N-dealkylation sites (tertiary alicyclic amines) is 1. The van der Waals surface area contributed by atoms with Crippen LogP contribution in [-0.2, 0) is 11.2 Å². The fourth-order valence-corrected chi connectivity index (χ4v) is 4.44. The van der Waals surface area contributed by atoms with Crippen LogP contribution in [0.4, 0.5) is 0 Å². The number of aromatic nitrogens is 2. The van der Waals surface area contributed by atoms with Crippen LogP contribution in [0.15, 0.2) is 24.7 Å². The van der Waals surface area contributed by atoms with Gasteiger partial charge in [-0.2, -0.15) is 0 Å². The number of rotatable bonds is 6. The Balaban J connectivity index is 1.27. The summed E-state index contributed by atoms with van der Waals surface area (Å²) in [7, 11) is 0. The number of aromatic amines is 1. The number of hydrogen-bond acceptors (Lipinski definition) is 8. The van der Waals surface area contributed by atoms with Crippen LogP contribution in [0.2, 0.25) is 5.82 Å². The zero-order valence-corrected chi connectivity index (χ0v) is 16.5. The summed E-state index contributed by atoms with van der Waals surface area (Å²) in [5.41, 5.74) is 7.15. The highest BCUT2D eigenvalue weighted by Gasteiger charge is 2.55. The number of H-pyrrole nitrogens is 1. The standard InChI is InChI=1S/C19H22BN4O7/c21-14(3-9-5-22-8-23-9)18(25)24-6-10(7-24)30-15-2-1-11-12-4-13(12)20(28,29)31-17(11)16(15)19(26)27/h1-2,5,8,10,12-14,28-29H,3-4,6-7,21H2,(H,22,23)(H,26,27)/q-1. The number of amides is 1. The van der Waals surface area contributed by atoms with E-state index in [2.05, 4.69) is 9.97 Å². The normalized spacial score (nSPS) is 24.3. The molecule has 6 N–H and O–H groups in total. The highest BCUT2D eigenvalue weighted by atomic mass is 16.6. The predicted octanol–water partition coefficient (Wildman–Crippen LogP) is -0.559. The Labute approximate surface area is 176 Å². The number of nitrogens with one attached hydrogen (secondary N) is 1. The third-order valence-electron chi connectivity index (χ3n) is 6.22. The van der Waals surface area contributed by atoms with Gasteiger partial charge in [-0.3, -0.25) is 4.79 Å². The average Bonchev–Trinajstić information content (AvgIpc) is 3.34. The summed E-state index contributed by atoms with van der Waals surface area (Å²) in [6.45, 7) is -2.56. The highest BCUT2D eigenvalue weighted by molar-refractivity contribution is 6.62. The summed E-state index contributed by atoms with van der Waals surface area (Å²) in [6, 6.07) is 2.54. The van der Waals surface area contributed by atoms with E-state index in [1.165, 1.54) is 6.33 Å². The highest BCUT2D eigenvalue weighted by Crippen LogP contribution is 2.63. The molecule has 1 amide bonds. The Morgan fingerprint density at radius 2 is 2.16 bits per heavy atom. The molecule has 31 heavy (non-hydrogen) atoms. The van der Waals surface area contributed by atoms with E-state index in [0.717, 1.165) is 5.69 Å². The second-order valence-corrected chi connectivity index (χ2v) is 8.42. The summed E-state index contributed by atoms with van der Waals surface area (Å²) >= 11 is 0. The van der Waals surface area contributed by atoms with E-state index in [1.807, 2.05) is 0 Å². The number of nitrogens with two attached hydrogens (primary N) is 1. The van der Waals surface area contributed by atoms with Gasteiger partial charge in [0.15, 0.2) is 0 Å². The molecular formula is C19H22BN4O7-. The molecule has 1 saturated carbocycles. The van der Waals surface area contributed by atoms with Gasteiger partial charge in [0.25, 0.3) is 0 Å². The quantitative estimate of drug-likeness (QED) is 0.378. The van der Waals surface area contributed by atoms with E-state index in [4.69, 9.17) is 15.1 Å². The van der Waals surface area contributed by atoms with Crippen LogP contribution in [0.1, 0.15) is 34.0 Å². The van der Waals surface area contributed by atoms with Crippen molar-refractivity contribution in [3.05, 3.63) is 41.5 Å². The third kappa shape index (κ3) is 3.42. The maximum absolute atomic E-state index is 12.5. The molecule has 164 valence electrons. The number of carbonyl (C=O) groups is 2. The summed E-state index contributed by atoms with van der Waals surface area (Å²) in [5.74, 6) is -2.03. The molecule has 1 aliphatic carbocycles. The Morgan fingerprint density at radius 3 is 2.84 bits per heavy atom. The first kappa shape index (κ1) is 19.9. The molecule has 0 spiro atoms. The van der Waals surface area contributed by atoms with Crippen LogP contribution < -0.4 is 15.1 Å². The molecule has 3 atom stereocenters. The van der Waals surface area contributed by atoms with Gasteiger partial charge in [-0.15, -0.1) is 0 Å². The first-order valence-electron chi connectivity index (χ1n) is 10.1. The summed E-state index contributed by atoms with van der Waals surface area (Å²) in [6.07, 6.45) is 3.59. The van der Waals surface area contributed by atoms with Gasteiger partial charge in [0, 0.05) is 18.3 Å². The molecule has 2 aliphatic heterocycles. The maximum atomic E-state index is 12.5.